The molecule has 1 spiro atoms. The number of carbonyl (C=O) groups is 1. The van der Waals surface area contributed by atoms with Crippen molar-refractivity contribution in [1.82, 2.24) is 4.90 Å². The Bertz CT molecular complexity index is 740. The molecule has 1 saturated heterocycles. The van der Waals surface area contributed by atoms with Crippen molar-refractivity contribution in [2.45, 2.75) is 58.3 Å². The van der Waals surface area contributed by atoms with E-state index in [1.807, 2.05) is 59.7 Å². The van der Waals surface area contributed by atoms with E-state index in [1.165, 1.54) is 5.56 Å². The SMILES string of the molecule is CC(C)(C)OC(=O)N1CC2(Cc3ccccc3C2=N[S@+]([O-])C(C)(C)C)C1. The van der Waals surface area contributed by atoms with E-state index in [0.29, 0.717) is 13.1 Å². The molecule has 26 heavy (non-hydrogen) atoms. The van der Waals surface area contributed by atoms with Crippen LogP contribution in [0.25, 0.3) is 0 Å². The van der Waals surface area contributed by atoms with Gasteiger partial charge in [-0.1, -0.05) is 28.7 Å². The van der Waals surface area contributed by atoms with Gasteiger partial charge in [0.2, 0.25) is 0 Å². The summed E-state index contributed by atoms with van der Waals surface area (Å²) >= 11 is -1.33. The Hall–Kier alpha value is -1.53. The predicted octanol–water partition coefficient (Wildman–Crippen LogP) is 3.73. The molecule has 0 unspecified atom stereocenters. The lowest BCUT2D eigenvalue weighted by Gasteiger charge is -2.47. The largest absolute Gasteiger partial charge is 0.591 e. The minimum atomic E-state index is -1.33. The number of carbonyl (C=O) groups excluding carboxylic acids is 1. The van der Waals surface area contributed by atoms with E-state index in [0.717, 1.165) is 17.7 Å². The summed E-state index contributed by atoms with van der Waals surface area (Å²) in [6.45, 7) is 12.5. The molecule has 1 aliphatic carbocycles. The van der Waals surface area contributed by atoms with E-state index >= 15 is 0 Å². The summed E-state index contributed by atoms with van der Waals surface area (Å²) < 4.78 is 22.4. The molecule has 1 aromatic carbocycles. The topological polar surface area (TPSA) is 65.0 Å². The van der Waals surface area contributed by atoms with E-state index in [-0.39, 0.29) is 11.5 Å². The summed E-state index contributed by atoms with van der Waals surface area (Å²) in [5.74, 6) is 0. The van der Waals surface area contributed by atoms with Gasteiger partial charge in [-0.2, -0.15) is 0 Å². The number of hydrogen-bond acceptors (Lipinski definition) is 4. The Kier molecular flexibility index (Phi) is 4.64. The van der Waals surface area contributed by atoms with E-state index in [4.69, 9.17) is 4.74 Å². The van der Waals surface area contributed by atoms with Crippen molar-refractivity contribution in [3.8, 4) is 0 Å². The molecule has 0 saturated carbocycles. The zero-order valence-electron chi connectivity index (χ0n) is 16.5. The molecule has 0 N–H and O–H groups in total. The molecule has 1 heterocycles. The first kappa shape index (κ1) is 19.2. The van der Waals surface area contributed by atoms with E-state index in [9.17, 15) is 9.35 Å². The van der Waals surface area contributed by atoms with Crippen LogP contribution in [0.3, 0.4) is 0 Å². The van der Waals surface area contributed by atoms with Crippen molar-refractivity contribution in [2.75, 3.05) is 13.1 Å². The van der Waals surface area contributed by atoms with E-state index < -0.39 is 21.7 Å². The van der Waals surface area contributed by atoms with Gasteiger partial charge in [-0.05, 0) is 53.5 Å². The Morgan fingerprint density at radius 3 is 2.38 bits per heavy atom. The summed E-state index contributed by atoms with van der Waals surface area (Å²) in [4.78, 5) is 14.1. The summed E-state index contributed by atoms with van der Waals surface area (Å²) in [7, 11) is 0. The van der Waals surface area contributed by atoms with Crippen LogP contribution in [0, 0.1) is 5.41 Å². The van der Waals surface area contributed by atoms with Crippen molar-refractivity contribution < 1.29 is 14.1 Å². The maximum atomic E-state index is 12.7. The third-order valence-corrected chi connectivity index (χ3v) is 6.04. The standard InChI is InChI=1S/C20H28N2O3S/c1-18(2,3)25-17(23)22-12-20(13-22)11-14-9-7-8-10-15(14)16(20)21-26(24)19(4,5)6/h7-10H,11-13H2,1-6H3/t26-/m1/s1. The number of hydrogen-bond donors (Lipinski definition) is 0. The first-order chi connectivity index (χ1) is 11.9. The predicted molar refractivity (Wildman–Crippen MR) is 105 cm³/mol. The molecule has 6 heteroatoms. The number of fused-ring (bicyclic) bond motifs is 1. The molecule has 0 radical (unpaired) electrons. The highest BCUT2D eigenvalue weighted by Crippen LogP contribution is 2.45. The van der Waals surface area contributed by atoms with Crippen LogP contribution in [0.15, 0.2) is 28.7 Å². The molecule has 3 rings (SSSR count). The first-order valence-electron chi connectivity index (χ1n) is 8.99. The van der Waals surface area contributed by atoms with Gasteiger partial charge in [0.15, 0.2) is 0 Å². The smallest absolute Gasteiger partial charge is 0.410 e. The van der Waals surface area contributed by atoms with Gasteiger partial charge >= 0.3 is 6.09 Å². The Balaban J connectivity index is 1.86. The van der Waals surface area contributed by atoms with E-state index in [2.05, 4.69) is 10.5 Å². The average molecular weight is 377 g/mol. The molecule has 1 amide bonds. The maximum absolute atomic E-state index is 12.7. The van der Waals surface area contributed by atoms with E-state index in [1.54, 1.807) is 4.90 Å². The van der Waals surface area contributed by atoms with Crippen LogP contribution in [0.5, 0.6) is 0 Å². The third-order valence-electron chi connectivity index (χ3n) is 4.64. The third kappa shape index (κ3) is 3.62. The van der Waals surface area contributed by atoms with Gasteiger partial charge in [0.25, 0.3) is 0 Å². The van der Waals surface area contributed by atoms with Gasteiger partial charge in [0, 0.05) is 18.7 Å². The number of rotatable bonds is 1. The molecule has 0 aromatic heterocycles. The monoisotopic (exact) mass is 376 g/mol. The average Bonchev–Trinajstić information content (AvgIpc) is 2.77. The normalized spacial score (nSPS) is 21.5. The van der Waals surface area contributed by atoms with Gasteiger partial charge in [-0.3, -0.25) is 0 Å². The summed E-state index contributed by atoms with van der Waals surface area (Å²) in [6.07, 6.45) is 0.526. The number of amides is 1. The minimum absolute atomic E-state index is 0.249. The van der Waals surface area contributed by atoms with Gasteiger partial charge in [0.1, 0.15) is 27.4 Å². The number of benzene rings is 1. The zero-order chi connectivity index (χ0) is 19.3. The van der Waals surface area contributed by atoms with Gasteiger partial charge < -0.3 is 14.2 Å². The van der Waals surface area contributed by atoms with Crippen LogP contribution in [0.1, 0.15) is 52.7 Å². The Labute approximate surface area is 159 Å². The highest BCUT2D eigenvalue weighted by Gasteiger charge is 2.55. The lowest BCUT2D eigenvalue weighted by atomic mass is 9.76. The van der Waals surface area contributed by atoms with Gasteiger partial charge in [-0.25, -0.2) is 4.79 Å². The number of ether oxygens (including phenoxy) is 1. The summed E-state index contributed by atoms with van der Waals surface area (Å²) in [6, 6.07) is 8.13. The maximum Gasteiger partial charge on any atom is 0.410 e. The lowest BCUT2D eigenvalue weighted by Crippen LogP contribution is -2.62. The Morgan fingerprint density at radius 2 is 1.81 bits per heavy atom. The summed E-state index contributed by atoms with van der Waals surface area (Å²) in [5.41, 5.74) is 2.39. The second-order valence-electron chi connectivity index (χ2n) is 9.25. The minimum Gasteiger partial charge on any atom is -0.591 e. The highest BCUT2D eigenvalue weighted by molar-refractivity contribution is 7.91. The van der Waals surface area contributed by atoms with Crippen molar-refractivity contribution in [3.63, 3.8) is 0 Å². The van der Waals surface area contributed by atoms with Crippen LogP contribution in [-0.2, 0) is 22.5 Å². The number of likely N-dealkylation sites (tertiary alicyclic amines) is 1. The van der Waals surface area contributed by atoms with Crippen LogP contribution in [0.4, 0.5) is 4.79 Å². The quantitative estimate of drug-likeness (QED) is 0.702. The van der Waals surface area contributed by atoms with Crippen LogP contribution < -0.4 is 0 Å². The molecule has 142 valence electrons. The fourth-order valence-corrected chi connectivity index (χ4v) is 4.14. The molecular weight excluding hydrogens is 348 g/mol. The van der Waals surface area contributed by atoms with Gasteiger partial charge in [-0.15, -0.1) is 0 Å². The first-order valence-corrected chi connectivity index (χ1v) is 10.1. The van der Waals surface area contributed by atoms with Crippen molar-refractivity contribution in [3.05, 3.63) is 35.4 Å². The zero-order valence-corrected chi connectivity index (χ0v) is 17.3. The fraction of sp³-hybridized carbons (Fsp3) is 0.600. The van der Waals surface area contributed by atoms with Crippen molar-refractivity contribution in [2.24, 2.45) is 9.81 Å². The molecule has 1 aromatic rings. The molecular formula is C20H28N2O3S. The van der Waals surface area contributed by atoms with Crippen LogP contribution in [0.2, 0.25) is 0 Å². The molecule has 1 aliphatic heterocycles. The van der Waals surface area contributed by atoms with Crippen LogP contribution >= 0.6 is 0 Å². The fourth-order valence-electron chi connectivity index (χ4n) is 3.41. The van der Waals surface area contributed by atoms with Crippen molar-refractivity contribution in [1.29, 1.82) is 0 Å². The van der Waals surface area contributed by atoms with Crippen LogP contribution in [-0.4, -0.2) is 44.7 Å². The molecule has 2 aliphatic rings. The molecule has 5 nitrogen and oxygen atoms in total. The second-order valence-corrected chi connectivity index (χ2v) is 11.2. The molecule has 1 fully saturated rings. The Morgan fingerprint density at radius 1 is 1.19 bits per heavy atom. The lowest BCUT2D eigenvalue weighted by molar-refractivity contribution is -0.0117. The number of nitrogens with zero attached hydrogens (tertiary/aromatic N) is 2. The molecule has 0 bridgehead atoms. The highest BCUT2D eigenvalue weighted by atomic mass is 32.2. The van der Waals surface area contributed by atoms with Gasteiger partial charge in [0.05, 0.1) is 5.41 Å². The molecule has 1 atom stereocenters. The summed E-state index contributed by atoms with van der Waals surface area (Å²) in [5, 5.41) is 0. The second kappa shape index (κ2) is 6.27. The van der Waals surface area contributed by atoms with Crippen molar-refractivity contribution >= 4 is 23.2 Å².